The molecule has 0 amide bonds. The minimum Gasteiger partial charge on any atom is -0.495 e. The van der Waals surface area contributed by atoms with E-state index in [-0.39, 0.29) is 10.0 Å². The number of pyridine rings is 1. The Morgan fingerprint density at radius 1 is 0.923 bits per heavy atom. The van der Waals surface area contributed by atoms with Gasteiger partial charge >= 0.3 is 0 Å². The summed E-state index contributed by atoms with van der Waals surface area (Å²) in [5, 5.41) is 7.03. The van der Waals surface area contributed by atoms with Gasteiger partial charge in [-0.15, -0.1) is 0 Å². The first-order valence-electron chi connectivity index (χ1n) is 11.9. The molecule has 0 radical (unpaired) electrons. The third-order valence-electron chi connectivity index (χ3n) is 5.66. The van der Waals surface area contributed by atoms with E-state index in [1.165, 1.54) is 20.5 Å². The number of likely N-dealkylation sites (N-methyl/N-ethyl adjacent to an activating group) is 1. The summed E-state index contributed by atoms with van der Waals surface area (Å²) in [5.74, 6) is 2.51. The Balaban J connectivity index is 1.59. The minimum atomic E-state index is 0.287. The van der Waals surface area contributed by atoms with Gasteiger partial charge in [0.1, 0.15) is 51.9 Å². The molecule has 0 atom stereocenters. The molecule has 204 valence electrons. The molecule has 2 aromatic carbocycles. The standard InChI is InChI=1S/C27H29Cl2N7O3/c1-36(2)10-11-39-16-7-8-19(18(30)12-16)34-23-13-20(32-15-33-23)17-6-5-9-31-27(17)35-26-24(28)21(37-3)14-22(38-4)25(26)29/h5-9,12-15H,10-11,30H2,1-4H3,(H,31,35)(H,32,33,34). The Morgan fingerprint density at radius 3 is 2.33 bits per heavy atom. The third kappa shape index (κ3) is 6.72. The molecule has 2 aromatic heterocycles. The molecule has 4 rings (SSSR count). The lowest BCUT2D eigenvalue weighted by atomic mass is 10.1. The lowest BCUT2D eigenvalue weighted by molar-refractivity contribution is 0.261. The molecule has 0 saturated carbocycles. The van der Waals surface area contributed by atoms with Crippen LogP contribution in [-0.2, 0) is 0 Å². The molecule has 10 nitrogen and oxygen atoms in total. The van der Waals surface area contributed by atoms with Crippen LogP contribution in [0, 0.1) is 0 Å². The highest BCUT2D eigenvalue weighted by molar-refractivity contribution is 6.41. The molecule has 12 heteroatoms. The van der Waals surface area contributed by atoms with Crippen molar-refractivity contribution in [1.29, 1.82) is 0 Å². The molecule has 0 fully saturated rings. The maximum Gasteiger partial charge on any atom is 0.143 e. The monoisotopic (exact) mass is 569 g/mol. The van der Waals surface area contributed by atoms with Crippen molar-refractivity contribution in [3.8, 4) is 28.5 Å². The van der Waals surface area contributed by atoms with Crippen LogP contribution in [0.2, 0.25) is 10.0 Å². The second-order valence-electron chi connectivity index (χ2n) is 8.62. The van der Waals surface area contributed by atoms with Crippen molar-refractivity contribution in [2.24, 2.45) is 0 Å². The Bertz CT molecular complexity index is 1430. The van der Waals surface area contributed by atoms with Gasteiger partial charge in [-0.3, -0.25) is 0 Å². The molecule has 39 heavy (non-hydrogen) atoms. The second kappa shape index (κ2) is 12.7. The Kier molecular flexibility index (Phi) is 9.13. The van der Waals surface area contributed by atoms with Crippen molar-refractivity contribution in [3.63, 3.8) is 0 Å². The summed E-state index contributed by atoms with van der Waals surface area (Å²) in [6.07, 6.45) is 3.10. The summed E-state index contributed by atoms with van der Waals surface area (Å²) in [4.78, 5) is 15.3. The van der Waals surface area contributed by atoms with Gasteiger partial charge in [-0.25, -0.2) is 15.0 Å². The van der Waals surface area contributed by atoms with E-state index in [0.717, 1.165) is 6.54 Å². The highest BCUT2D eigenvalue weighted by atomic mass is 35.5. The Hall–Kier alpha value is -3.99. The average molecular weight is 570 g/mol. The number of aromatic nitrogens is 3. The van der Waals surface area contributed by atoms with Crippen LogP contribution in [0.1, 0.15) is 0 Å². The number of rotatable bonds is 11. The van der Waals surface area contributed by atoms with E-state index in [1.54, 1.807) is 30.5 Å². The fourth-order valence-electron chi connectivity index (χ4n) is 3.63. The predicted octanol–water partition coefficient (Wildman–Crippen LogP) is 5.87. The number of nitrogens with two attached hydrogens (primary N) is 1. The first-order chi connectivity index (χ1) is 18.8. The quantitative estimate of drug-likeness (QED) is 0.189. The zero-order valence-corrected chi connectivity index (χ0v) is 23.5. The molecule has 2 heterocycles. The van der Waals surface area contributed by atoms with E-state index in [0.29, 0.717) is 63.8 Å². The predicted molar refractivity (Wildman–Crippen MR) is 156 cm³/mol. The molecule has 0 bridgehead atoms. The van der Waals surface area contributed by atoms with E-state index in [4.69, 9.17) is 43.1 Å². The van der Waals surface area contributed by atoms with E-state index in [1.807, 2.05) is 37.2 Å². The lowest BCUT2D eigenvalue weighted by Gasteiger charge is -2.17. The van der Waals surface area contributed by atoms with Crippen molar-refractivity contribution in [3.05, 3.63) is 65.0 Å². The summed E-state index contributed by atoms with van der Waals surface area (Å²) < 4.78 is 16.5. The number of methoxy groups -OCH3 is 2. The SMILES string of the molecule is COc1cc(OC)c(Cl)c(Nc2ncccc2-c2cc(Nc3ccc(OCCN(C)C)cc3N)ncn2)c1Cl. The summed E-state index contributed by atoms with van der Waals surface area (Å²) in [5.41, 5.74) is 9.17. The smallest absolute Gasteiger partial charge is 0.143 e. The van der Waals surface area contributed by atoms with Crippen LogP contribution in [0.15, 0.2) is 55.0 Å². The maximum absolute atomic E-state index is 6.56. The van der Waals surface area contributed by atoms with Crippen molar-refractivity contribution >= 4 is 51.9 Å². The number of nitrogens with zero attached hydrogens (tertiary/aromatic N) is 4. The largest absolute Gasteiger partial charge is 0.495 e. The number of nitrogen functional groups attached to an aromatic ring is 1. The normalized spacial score (nSPS) is 10.8. The van der Waals surface area contributed by atoms with Gasteiger partial charge in [0, 0.05) is 36.5 Å². The van der Waals surface area contributed by atoms with Crippen LogP contribution in [0.4, 0.5) is 28.7 Å². The zero-order chi connectivity index (χ0) is 27.9. The Labute approximate surface area is 237 Å². The molecule has 0 aliphatic heterocycles. The fourth-order valence-corrected chi connectivity index (χ4v) is 4.22. The van der Waals surface area contributed by atoms with Crippen molar-refractivity contribution in [2.45, 2.75) is 0 Å². The zero-order valence-electron chi connectivity index (χ0n) is 22.0. The van der Waals surface area contributed by atoms with Crippen LogP contribution in [0.25, 0.3) is 11.3 Å². The molecular formula is C27H29Cl2N7O3. The summed E-state index contributed by atoms with van der Waals surface area (Å²) in [6, 6.07) is 12.6. The van der Waals surface area contributed by atoms with E-state index >= 15 is 0 Å². The number of halogens is 2. The molecule has 4 aromatic rings. The maximum atomic E-state index is 6.56. The highest BCUT2D eigenvalue weighted by Crippen LogP contribution is 2.45. The number of anilines is 5. The van der Waals surface area contributed by atoms with Crippen LogP contribution < -0.4 is 30.6 Å². The summed E-state index contributed by atoms with van der Waals surface area (Å²) in [7, 11) is 7.01. The summed E-state index contributed by atoms with van der Waals surface area (Å²) in [6.45, 7) is 1.37. The number of hydrogen-bond acceptors (Lipinski definition) is 10. The van der Waals surface area contributed by atoms with E-state index in [2.05, 4.69) is 25.6 Å². The van der Waals surface area contributed by atoms with Gasteiger partial charge in [0.15, 0.2) is 0 Å². The molecule has 0 unspecified atom stereocenters. The first kappa shape index (κ1) is 28.0. The molecular weight excluding hydrogens is 541 g/mol. The molecule has 0 aliphatic rings. The van der Waals surface area contributed by atoms with E-state index < -0.39 is 0 Å². The van der Waals surface area contributed by atoms with Gasteiger partial charge in [-0.2, -0.15) is 0 Å². The molecule has 0 spiro atoms. The van der Waals surface area contributed by atoms with Gasteiger partial charge in [0.25, 0.3) is 0 Å². The van der Waals surface area contributed by atoms with Gasteiger partial charge in [0.2, 0.25) is 0 Å². The number of nitrogens with one attached hydrogen (secondary N) is 2. The van der Waals surface area contributed by atoms with Crippen LogP contribution in [0.5, 0.6) is 17.2 Å². The fraction of sp³-hybridized carbons (Fsp3) is 0.222. The molecule has 0 aliphatic carbocycles. The topological polar surface area (TPSA) is 120 Å². The highest BCUT2D eigenvalue weighted by Gasteiger charge is 2.19. The third-order valence-corrected chi connectivity index (χ3v) is 6.41. The van der Waals surface area contributed by atoms with E-state index in [9.17, 15) is 0 Å². The van der Waals surface area contributed by atoms with Crippen molar-refractivity contribution in [1.82, 2.24) is 19.9 Å². The van der Waals surface area contributed by atoms with Gasteiger partial charge in [-0.05, 0) is 38.4 Å². The van der Waals surface area contributed by atoms with Crippen molar-refractivity contribution < 1.29 is 14.2 Å². The Morgan fingerprint density at radius 2 is 1.67 bits per heavy atom. The van der Waals surface area contributed by atoms with Crippen LogP contribution in [-0.4, -0.2) is 61.3 Å². The van der Waals surface area contributed by atoms with Gasteiger partial charge in [0.05, 0.1) is 37.0 Å². The molecule has 4 N–H and O–H groups in total. The van der Waals surface area contributed by atoms with Crippen LogP contribution in [0.3, 0.4) is 0 Å². The van der Waals surface area contributed by atoms with Crippen LogP contribution >= 0.6 is 23.2 Å². The summed E-state index contributed by atoms with van der Waals surface area (Å²) >= 11 is 13.1. The second-order valence-corrected chi connectivity index (χ2v) is 9.38. The first-order valence-corrected chi connectivity index (χ1v) is 12.6. The van der Waals surface area contributed by atoms with Gasteiger partial charge < -0.3 is 35.5 Å². The van der Waals surface area contributed by atoms with Crippen molar-refractivity contribution in [2.75, 3.05) is 57.8 Å². The minimum absolute atomic E-state index is 0.287. The number of benzene rings is 2. The number of hydrogen-bond donors (Lipinski definition) is 3. The average Bonchev–Trinajstić information content (AvgIpc) is 2.93. The molecule has 0 saturated heterocycles. The number of ether oxygens (including phenoxy) is 3. The lowest BCUT2D eigenvalue weighted by Crippen LogP contribution is -2.19. The van der Waals surface area contributed by atoms with Gasteiger partial charge in [-0.1, -0.05) is 23.2 Å².